The third kappa shape index (κ3) is 3.99. The zero-order valence-electron chi connectivity index (χ0n) is 14.0. The molecule has 2 N–H and O–H groups in total. The molecule has 0 aliphatic heterocycles. The normalized spacial score (nSPS) is 11.5. The number of benzene rings is 2. The summed E-state index contributed by atoms with van der Waals surface area (Å²) >= 11 is 0. The fraction of sp³-hybridized carbons (Fsp3) is 0.211. The number of fused-ring (bicyclic) bond motifs is 1. The van der Waals surface area contributed by atoms with Crippen LogP contribution in [0.4, 0.5) is 18.9 Å². The molecule has 0 fully saturated rings. The molecule has 4 nitrogen and oxygen atoms in total. The summed E-state index contributed by atoms with van der Waals surface area (Å²) in [6.45, 7) is 2.51. The number of ether oxygens (including phenoxy) is 1. The Morgan fingerprint density at radius 1 is 1.12 bits per heavy atom. The minimum Gasteiger partial charge on any atom is -0.494 e. The third-order valence-electron chi connectivity index (χ3n) is 3.88. The van der Waals surface area contributed by atoms with Gasteiger partial charge in [-0.25, -0.2) is 0 Å². The Morgan fingerprint density at radius 3 is 2.65 bits per heavy atom. The van der Waals surface area contributed by atoms with E-state index in [-0.39, 0.29) is 12.1 Å². The number of hydrogen-bond acceptors (Lipinski definition) is 3. The number of alkyl halides is 3. The highest BCUT2D eigenvalue weighted by atomic mass is 19.4. The van der Waals surface area contributed by atoms with E-state index in [9.17, 15) is 18.0 Å². The monoisotopic (exact) mass is 362 g/mol. The number of halogens is 3. The average molecular weight is 362 g/mol. The minimum atomic E-state index is -4.41. The molecule has 3 rings (SSSR count). The van der Waals surface area contributed by atoms with Gasteiger partial charge in [0.1, 0.15) is 5.75 Å². The molecule has 1 heterocycles. The third-order valence-corrected chi connectivity index (χ3v) is 3.88. The van der Waals surface area contributed by atoms with Crippen LogP contribution in [-0.4, -0.2) is 11.6 Å². The average Bonchev–Trinajstić information content (AvgIpc) is 2.60. The first-order valence-electron chi connectivity index (χ1n) is 8.06. The molecule has 136 valence electrons. The maximum atomic E-state index is 12.8. The molecule has 1 aromatic heterocycles. The number of anilines is 1. The molecule has 0 bridgehead atoms. The van der Waals surface area contributed by atoms with Gasteiger partial charge >= 0.3 is 6.18 Å². The van der Waals surface area contributed by atoms with Crippen LogP contribution in [0.2, 0.25) is 0 Å². The number of aromatic nitrogens is 1. The number of pyridine rings is 1. The van der Waals surface area contributed by atoms with E-state index in [0.29, 0.717) is 29.1 Å². The Hall–Kier alpha value is -2.96. The Labute approximate surface area is 147 Å². The molecule has 3 aromatic rings. The Morgan fingerprint density at radius 2 is 1.92 bits per heavy atom. The molecule has 0 unspecified atom stereocenters. The van der Waals surface area contributed by atoms with Crippen molar-refractivity contribution in [3.05, 3.63) is 70.0 Å². The maximum Gasteiger partial charge on any atom is 0.416 e. The van der Waals surface area contributed by atoms with Crippen LogP contribution in [0.25, 0.3) is 10.9 Å². The Kier molecular flexibility index (Phi) is 4.88. The molecular weight excluding hydrogens is 345 g/mol. The van der Waals surface area contributed by atoms with Crippen molar-refractivity contribution >= 4 is 16.6 Å². The van der Waals surface area contributed by atoms with E-state index < -0.39 is 11.7 Å². The number of H-pyrrole nitrogens is 1. The zero-order valence-corrected chi connectivity index (χ0v) is 14.0. The summed E-state index contributed by atoms with van der Waals surface area (Å²) in [6.07, 6.45) is -4.41. The van der Waals surface area contributed by atoms with Crippen molar-refractivity contribution < 1.29 is 17.9 Å². The molecule has 0 spiro atoms. The second kappa shape index (κ2) is 7.11. The van der Waals surface area contributed by atoms with Gasteiger partial charge in [0.15, 0.2) is 0 Å². The van der Waals surface area contributed by atoms with Crippen LogP contribution in [-0.2, 0) is 12.7 Å². The van der Waals surface area contributed by atoms with Crippen molar-refractivity contribution in [2.45, 2.75) is 19.6 Å². The van der Waals surface area contributed by atoms with E-state index in [0.717, 1.165) is 17.5 Å². The van der Waals surface area contributed by atoms with Crippen LogP contribution in [0.1, 0.15) is 18.1 Å². The molecule has 7 heteroatoms. The lowest BCUT2D eigenvalue weighted by Gasteiger charge is -2.11. The molecule has 0 aliphatic rings. The van der Waals surface area contributed by atoms with Gasteiger partial charge < -0.3 is 15.0 Å². The second-order valence-electron chi connectivity index (χ2n) is 5.74. The van der Waals surface area contributed by atoms with Crippen LogP contribution in [0.3, 0.4) is 0 Å². The van der Waals surface area contributed by atoms with Gasteiger partial charge in [0.05, 0.1) is 12.2 Å². The number of rotatable bonds is 5. The predicted molar refractivity (Wildman–Crippen MR) is 94.5 cm³/mol. The molecule has 0 saturated carbocycles. The lowest BCUT2D eigenvalue weighted by molar-refractivity contribution is -0.137. The Balaban J connectivity index is 1.84. The fourth-order valence-corrected chi connectivity index (χ4v) is 2.62. The molecule has 0 radical (unpaired) electrons. The SMILES string of the molecule is CCOc1ccc2[nH]c(=O)c(CNc3cccc(C(F)(F)F)c3)cc2c1. The van der Waals surface area contributed by atoms with E-state index in [2.05, 4.69) is 10.3 Å². The van der Waals surface area contributed by atoms with Crippen LogP contribution < -0.4 is 15.6 Å². The van der Waals surface area contributed by atoms with Crippen molar-refractivity contribution in [3.8, 4) is 5.75 Å². The molecule has 0 amide bonds. The standard InChI is InChI=1S/C19H17F3N2O2/c1-2-26-16-6-7-17-12(9-16)8-13(18(25)24-17)11-23-15-5-3-4-14(10-15)19(20,21)22/h3-10,23H,2,11H2,1H3,(H,24,25). The topological polar surface area (TPSA) is 54.1 Å². The summed E-state index contributed by atoms with van der Waals surface area (Å²) in [4.78, 5) is 15.0. The van der Waals surface area contributed by atoms with Gasteiger partial charge in [0.2, 0.25) is 0 Å². The molecule has 0 saturated heterocycles. The highest BCUT2D eigenvalue weighted by Gasteiger charge is 2.30. The van der Waals surface area contributed by atoms with E-state index in [1.807, 2.05) is 13.0 Å². The van der Waals surface area contributed by atoms with Gasteiger partial charge in [-0.15, -0.1) is 0 Å². The summed E-state index contributed by atoms with van der Waals surface area (Å²) in [5, 5.41) is 3.66. The lowest BCUT2D eigenvalue weighted by atomic mass is 10.1. The van der Waals surface area contributed by atoms with Crippen LogP contribution in [0, 0.1) is 0 Å². The molecular formula is C19H17F3N2O2. The van der Waals surface area contributed by atoms with Gasteiger partial charge in [-0.2, -0.15) is 13.2 Å². The van der Waals surface area contributed by atoms with E-state index >= 15 is 0 Å². The predicted octanol–water partition coefficient (Wildman–Crippen LogP) is 4.56. The maximum absolute atomic E-state index is 12.8. The first kappa shape index (κ1) is 17.8. The summed E-state index contributed by atoms with van der Waals surface area (Å²) in [6, 6.07) is 11.9. The van der Waals surface area contributed by atoms with Crippen molar-refractivity contribution in [2.75, 3.05) is 11.9 Å². The molecule has 2 aromatic carbocycles. The first-order chi connectivity index (χ1) is 12.4. The molecule has 26 heavy (non-hydrogen) atoms. The highest BCUT2D eigenvalue weighted by Crippen LogP contribution is 2.30. The largest absolute Gasteiger partial charge is 0.494 e. The number of hydrogen-bond donors (Lipinski definition) is 2. The summed E-state index contributed by atoms with van der Waals surface area (Å²) in [5.74, 6) is 0.684. The minimum absolute atomic E-state index is 0.103. The van der Waals surface area contributed by atoms with Gasteiger partial charge in [0.25, 0.3) is 5.56 Å². The van der Waals surface area contributed by atoms with Crippen LogP contribution in [0.5, 0.6) is 5.75 Å². The van der Waals surface area contributed by atoms with E-state index in [1.165, 1.54) is 12.1 Å². The molecule has 0 aliphatic carbocycles. The van der Waals surface area contributed by atoms with Crippen molar-refractivity contribution in [1.29, 1.82) is 0 Å². The number of aromatic amines is 1. The molecule has 0 atom stereocenters. The number of nitrogens with one attached hydrogen (secondary N) is 2. The summed E-state index contributed by atoms with van der Waals surface area (Å²) in [5.41, 5.74) is 0.352. The van der Waals surface area contributed by atoms with Gasteiger partial charge in [0, 0.05) is 28.7 Å². The quantitative estimate of drug-likeness (QED) is 0.700. The Bertz CT molecular complexity index is 980. The van der Waals surface area contributed by atoms with Gasteiger partial charge in [-0.3, -0.25) is 4.79 Å². The zero-order chi connectivity index (χ0) is 18.7. The van der Waals surface area contributed by atoms with Crippen molar-refractivity contribution in [1.82, 2.24) is 4.98 Å². The highest BCUT2D eigenvalue weighted by molar-refractivity contribution is 5.80. The summed E-state index contributed by atoms with van der Waals surface area (Å²) in [7, 11) is 0. The summed E-state index contributed by atoms with van der Waals surface area (Å²) < 4.78 is 43.8. The van der Waals surface area contributed by atoms with E-state index in [4.69, 9.17) is 4.74 Å². The second-order valence-corrected chi connectivity index (χ2v) is 5.74. The van der Waals surface area contributed by atoms with Crippen LogP contribution >= 0.6 is 0 Å². The van der Waals surface area contributed by atoms with Crippen LogP contribution in [0.15, 0.2) is 53.3 Å². The van der Waals surface area contributed by atoms with Crippen molar-refractivity contribution in [2.24, 2.45) is 0 Å². The fourth-order valence-electron chi connectivity index (χ4n) is 2.62. The van der Waals surface area contributed by atoms with Gasteiger partial charge in [-0.05, 0) is 49.4 Å². The van der Waals surface area contributed by atoms with E-state index in [1.54, 1.807) is 18.2 Å². The van der Waals surface area contributed by atoms with Gasteiger partial charge in [-0.1, -0.05) is 6.07 Å². The lowest BCUT2D eigenvalue weighted by Crippen LogP contribution is -2.16. The first-order valence-corrected chi connectivity index (χ1v) is 8.06. The smallest absolute Gasteiger partial charge is 0.416 e. The van der Waals surface area contributed by atoms with Crippen molar-refractivity contribution in [3.63, 3.8) is 0 Å².